The van der Waals surface area contributed by atoms with Crippen LogP contribution < -0.4 is 15.5 Å². The van der Waals surface area contributed by atoms with Gasteiger partial charge >= 0.3 is 0 Å². The molecule has 0 amide bonds. The van der Waals surface area contributed by atoms with E-state index in [0.717, 1.165) is 23.1 Å². The van der Waals surface area contributed by atoms with Crippen LogP contribution in [0.15, 0.2) is 46.9 Å². The summed E-state index contributed by atoms with van der Waals surface area (Å²) in [6, 6.07) is 15.0. The molecule has 0 saturated carbocycles. The Kier molecular flexibility index (Phi) is 3.91. The second kappa shape index (κ2) is 5.70. The van der Waals surface area contributed by atoms with Gasteiger partial charge in [0, 0.05) is 30.7 Å². The number of para-hydroxylation sites is 2. The third kappa shape index (κ3) is 2.65. The van der Waals surface area contributed by atoms with Crippen LogP contribution in [-0.2, 0) is 0 Å². The van der Waals surface area contributed by atoms with Gasteiger partial charge in [0.15, 0.2) is 0 Å². The number of fused-ring (bicyclic) bond motifs is 1. The number of hydrogen-bond acceptors (Lipinski definition) is 3. The number of nitrogens with zero attached hydrogens (tertiary/aromatic N) is 2. The van der Waals surface area contributed by atoms with Crippen LogP contribution in [-0.4, -0.2) is 20.1 Å². The third-order valence-electron chi connectivity index (χ3n) is 4.03. The number of rotatable bonds is 2. The fourth-order valence-electron chi connectivity index (χ4n) is 2.78. The van der Waals surface area contributed by atoms with Gasteiger partial charge in [-0.15, -0.1) is 0 Å². The zero-order valence-corrected chi connectivity index (χ0v) is 14.0. The minimum Gasteiger partial charge on any atom is -0.371 e. The predicted molar refractivity (Wildman–Crippen MR) is 93.5 cm³/mol. The second-order valence-electron chi connectivity index (χ2n) is 5.56. The van der Waals surface area contributed by atoms with Crippen LogP contribution in [0.5, 0.6) is 0 Å². The first kappa shape index (κ1) is 14.4. The van der Waals surface area contributed by atoms with Gasteiger partial charge in [-0.1, -0.05) is 18.2 Å². The summed E-state index contributed by atoms with van der Waals surface area (Å²) in [5, 5.41) is 0. The summed E-state index contributed by atoms with van der Waals surface area (Å²) in [6.45, 7) is 3.99. The molecule has 2 aromatic rings. The van der Waals surface area contributed by atoms with Crippen molar-refractivity contribution in [2.45, 2.75) is 13.0 Å². The number of benzene rings is 2. The average Bonchev–Trinajstić information content (AvgIpc) is 2.48. The first-order valence-corrected chi connectivity index (χ1v) is 8.00. The summed E-state index contributed by atoms with van der Waals surface area (Å²) in [6.07, 6.45) is 0. The number of hydrogen-bond donors (Lipinski definition) is 1. The molecule has 4 heteroatoms. The molecule has 0 radical (unpaired) electrons. The molecular formula is C17H20BrN3. The van der Waals surface area contributed by atoms with Gasteiger partial charge < -0.3 is 15.5 Å². The predicted octanol–water partition coefficient (Wildman–Crippen LogP) is 4.06. The van der Waals surface area contributed by atoms with E-state index in [9.17, 15) is 0 Å². The molecule has 110 valence electrons. The van der Waals surface area contributed by atoms with Crippen LogP contribution in [0.1, 0.15) is 18.5 Å². The van der Waals surface area contributed by atoms with E-state index in [0.29, 0.717) is 0 Å². The molecule has 2 N–H and O–H groups in total. The molecule has 0 aliphatic carbocycles. The Bertz CT molecular complexity index is 654. The molecule has 0 spiro atoms. The smallest absolute Gasteiger partial charge is 0.0649 e. The van der Waals surface area contributed by atoms with E-state index in [1.165, 1.54) is 17.1 Å². The Balaban J connectivity index is 2.04. The molecule has 3 nitrogen and oxygen atoms in total. The topological polar surface area (TPSA) is 32.5 Å². The summed E-state index contributed by atoms with van der Waals surface area (Å²) < 4.78 is 1.09. The van der Waals surface area contributed by atoms with Crippen molar-refractivity contribution in [1.29, 1.82) is 0 Å². The fourth-order valence-corrected chi connectivity index (χ4v) is 3.39. The van der Waals surface area contributed by atoms with E-state index < -0.39 is 0 Å². The maximum atomic E-state index is 5.96. The Morgan fingerprint density at radius 1 is 1.05 bits per heavy atom. The molecule has 21 heavy (non-hydrogen) atoms. The zero-order chi connectivity index (χ0) is 15.0. The Morgan fingerprint density at radius 2 is 1.76 bits per heavy atom. The normalized spacial score (nSPS) is 15.8. The first-order valence-electron chi connectivity index (χ1n) is 7.20. The number of halogens is 1. The van der Waals surface area contributed by atoms with Crippen LogP contribution in [0.2, 0.25) is 0 Å². The first-order chi connectivity index (χ1) is 10.1. The summed E-state index contributed by atoms with van der Waals surface area (Å²) in [5.41, 5.74) is 10.8. The molecule has 1 aliphatic heterocycles. The third-order valence-corrected chi connectivity index (χ3v) is 4.67. The highest BCUT2D eigenvalue weighted by atomic mass is 79.9. The summed E-state index contributed by atoms with van der Waals surface area (Å²) in [4.78, 5) is 4.67. The maximum Gasteiger partial charge on any atom is 0.0649 e. The van der Waals surface area contributed by atoms with Crippen molar-refractivity contribution in [3.05, 3.63) is 52.5 Å². The van der Waals surface area contributed by atoms with E-state index in [-0.39, 0.29) is 6.04 Å². The summed E-state index contributed by atoms with van der Waals surface area (Å²) in [5.74, 6) is 0. The van der Waals surface area contributed by atoms with Crippen molar-refractivity contribution in [3.8, 4) is 0 Å². The van der Waals surface area contributed by atoms with Crippen LogP contribution in [0, 0.1) is 0 Å². The lowest BCUT2D eigenvalue weighted by Gasteiger charge is -2.37. The van der Waals surface area contributed by atoms with E-state index in [2.05, 4.69) is 75.2 Å². The van der Waals surface area contributed by atoms with Gasteiger partial charge in [0.2, 0.25) is 0 Å². The molecule has 2 aromatic carbocycles. The molecule has 1 aliphatic rings. The quantitative estimate of drug-likeness (QED) is 0.890. The minimum absolute atomic E-state index is 0.0510. The molecule has 1 heterocycles. The maximum absolute atomic E-state index is 5.96. The number of likely N-dealkylation sites (N-methyl/N-ethyl adjacent to an activating group) is 1. The zero-order valence-electron chi connectivity index (χ0n) is 12.4. The van der Waals surface area contributed by atoms with Crippen LogP contribution in [0.25, 0.3) is 0 Å². The molecule has 0 unspecified atom stereocenters. The van der Waals surface area contributed by atoms with Gasteiger partial charge in [0.1, 0.15) is 0 Å². The SMILES string of the molecule is C[C@H](N)c1ccc(N2CCN(C)c3ccccc32)c(Br)c1. The summed E-state index contributed by atoms with van der Waals surface area (Å²) in [7, 11) is 2.14. The monoisotopic (exact) mass is 345 g/mol. The Labute approximate surface area is 134 Å². The molecule has 3 rings (SSSR count). The molecule has 1 atom stereocenters. The summed E-state index contributed by atoms with van der Waals surface area (Å²) >= 11 is 3.71. The Hall–Kier alpha value is -1.52. The van der Waals surface area contributed by atoms with Gasteiger partial charge in [-0.3, -0.25) is 0 Å². The van der Waals surface area contributed by atoms with Crippen molar-refractivity contribution in [2.75, 3.05) is 29.9 Å². The average molecular weight is 346 g/mol. The highest BCUT2D eigenvalue weighted by Gasteiger charge is 2.22. The van der Waals surface area contributed by atoms with Gasteiger partial charge in [-0.25, -0.2) is 0 Å². The number of anilines is 3. The molecule has 0 aromatic heterocycles. The highest BCUT2D eigenvalue weighted by Crippen LogP contribution is 2.40. The fraction of sp³-hybridized carbons (Fsp3) is 0.294. The van der Waals surface area contributed by atoms with Crippen LogP contribution >= 0.6 is 15.9 Å². The van der Waals surface area contributed by atoms with Crippen molar-refractivity contribution >= 4 is 33.0 Å². The van der Waals surface area contributed by atoms with E-state index in [4.69, 9.17) is 5.73 Å². The van der Waals surface area contributed by atoms with Crippen molar-refractivity contribution in [2.24, 2.45) is 5.73 Å². The van der Waals surface area contributed by atoms with E-state index >= 15 is 0 Å². The van der Waals surface area contributed by atoms with Gasteiger partial charge in [-0.05, 0) is 52.7 Å². The van der Waals surface area contributed by atoms with Gasteiger partial charge in [-0.2, -0.15) is 0 Å². The van der Waals surface area contributed by atoms with Crippen molar-refractivity contribution < 1.29 is 0 Å². The Morgan fingerprint density at radius 3 is 2.43 bits per heavy atom. The molecule has 0 saturated heterocycles. The van der Waals surface area contributed by atoms with Crippen LogP contribution in [0.4, 0.5) is 17.1 Å². The molecule has 0 bridgehead atoms. The second-order valence-corrected chi connectivity index (χ2v) is 6.42. The molecular weight excluding hydrogens is 326 g/mol. The van der Waals surface area contributed by atoms with Crippen LogP contribution in [0.3, 0.4) is 0 Å². The lowest BCUT2D eigenvalue weighted by atomic mass is 10.1. The highest BCUT2D eigenvalue weighted by molar-refractivity contribution is 9.10. The van der Waals surface area contributed by atoms with E-state index in [1.807, 2.05) is 6.92 Å². The number of nitrogens with two attached hydrogens (primary N) is 1. The van der Waals surface area contributed by atoms with E-state index in [1.54, 1.807) is 0 Å². The van der Waals surface area contributed by atoms with Crippen molar-refractivity contribution in [1.82, 2.24) is 0 Å². The lowest BCUT2D eigenvalue weighted by Crippen LogP contribution is -2.36. The lowest BCUT2D eigenvalue weighted by molar-refractivity contribution is 0.809. The van der Waals surface area contributed by atoms with Gasteiger partial charge in [0.25, 0.3) is 0 Å². The minimum atomic E-state index is 0.0510. The largest absolute Gasteiger partial charge is 0.371 e. The van der Waals surface area contributed by atoms with Gasteiger partial charge in [0.05, 0.1) is 17.1 Å². The molecule has 0 fully saturated rings. The standard InChI is InChI=1S/C17H20BrN3/c1-12(19)13-7-8-15(14(18)11-13)21-10-9-20(2)16-5-3-4-6-17(16)21/h3-8,11-12H,9-10,19H2,1-2H3/t12-/m0/s1. The van der Waals surface area contributed by atoms with Crippen molar-refractivity contribution in [3.63, 3.8) is 0 Å².